The summed E-state index contributed by atoms with van der Waals surface area (Å²) in [5, 5.41) is 19.7. The fraction of sp³-hybridized carbons (Fsp3) is 0.333. The number of aliphatic carboxylic acids is 1. The number of aliphatic hydroxyl groups is 1. The summed E-state index contributed by atoms with van der Waals surface area (Å²) in [6.45, 7) is -0.969. The highest BCUT2D eigenvalue weighted by atomic mass is 32.2. The Hall–Kier alpha value is -2.08. The molecule has 2 N–H and O–H groups in total. The number of carbonyl (C=O) groups is 1. The SMILES string of the molecule is O=C(O)CN([C@@H]1CS(=O)(=O)C[C@H]1O)S(=O)(=O)c1cccc2cccnc12. The van der Waals surface area contributed by atoms with Crippen LogP contribution in [-0.2, 0) is 24.7 Å². The molecule has 0 saturated carbocycles. The monoisotopic (exact) mass is 400 g/mol. The fourth-order valence-electron chi connectivity index (χ4n) is 3.01. The van der Waals surface area contributed by atoms with Crippen molar-refractivity contribution in [2.24, 2.45) is 0 Å². The first-order valence-electron chi connectivity index (χ1n) is 7.58. The zero-order chi connectivity index (χ0) is 19.1. The van der Waals surface area contributed by atoms with E-state index in [1.54, 1.807) is 18.2 Å². The Morgan fingerprint density at radius 3 is 2.54 bits per heavy atom. The van der Waals surface area contributed by atoms with E-state index in [1.165, 1.54) is 18.3 Å². The molecule has 1 aliphatic rings. The van der Waals surface area contributed by atoms with Crippen molar-refractivity contribution >= 4 is 36.7 Å². The zero-order valence-electron chi connectivity index (χ0n) is 13.4. The third kappa shape index (κ3) is 3.43. The van der Waals surface area contributed by atoms with Crippen molar-refractivity contribution in [3.05, 3.63) is 36.5 Å². The van der Waals surface area contributed by atoms with E-state index in [2.05, 4.69) is 4.98 Å². The minimum Gasteiger partial charge on any atom is -0.480 e. The summed E-state index contributed by atoms with van der Waals surface area (Å²) in [5.74, 6) is -2.71. The molecule has 2 heterocycles. The molecule has 0 aliphatic carbocycles. The number of sulfone groups is 1. The van der Waals surface area contributed by atoms with Crippen molar-refractivity contribution < 1.29 is 31.8 Å². The first-order valence-corrected chi connectivity index (χ1v) is 10.8. The molecule has 1 aliphatic heterocycles. The number of rotatable bonds is 5. The number of hydrogen-bond acceptors (Lipinski definition) is 7. The number of carboxylic acids is 1. The summed E-state index contributed by atoms with van der Waals surface area (Å²) in [7, 11) is -8.10. The molecule has 2 aromatic rings. The number of fused-ring (bicyclic) bond motifs is 1. The summed E-state index contributed by atoms with van der Waals surface area (Å²) in [6, 6.07) is 6.31. The van der Waals surface area contributed by atoms with Crippen LogP contribution in [0.1, 0.15) is 0 Å². The van der Waals surface area contributed by atoms with Crippen LogP contribution in [-0.4, -0.2) is 72.5 Å². The van der Waals surface area contributed by atoms with E-state index in [-0.39, 0.29) is 10.4 Å². The highest BCUT2D eigenvalue weighted by molar-refractivity contribution is 7.92. The summed E-state index contributed by atoms with van der Waals surface area (Å²) < 4.78 is 50.4. The lowest BCUT2D eigenvalue weighted by Crippen LogP contribution is -2.48. The molecule has 0 bridgehead atoms. The maximum Gasteiger partial charge on any atom is 0.318 e. The van der Waals surface area contributed by atoms with Crippen molar-refractivity contribution in [2.45, 2.75) is 17.0 Å². The lowest BCUT2D eigenvalue weighted by molar-refractivity contribution is -0.137. The molecule has 3 rings (SSSR count). The Morgan fingerprint density at radius 1 is 1.23 bits per heavy atom. The number of sulfonamides is 1. The van der Waals surface area contributed by atoms with Gasteiger partial charge in [0, 0.05) is 11.6 Å². The van der Waals surface area contributed by atoms with Gasteiger partial charge < -0.3 is 10.2 Å². The van der Waals surface area contributed by atoms with Crippen LogP contribution in [0.4, 0.5) is 0 Å². The van der Waals surface area contributed by atoms with E-state index in [9.17, 15) is 26.7 Å². The van der Waals surface area contributed by atoms with E-state index in [1.807, 2.05) is 0 Å². The molecule has 1 saturated heterocycles. The van der Waals surface area contributed by atoms with Crippen LogP contribution in [0.15, 0.2) is 41.4 Å². The molecule has 9 nitrogen and oxygen atoms in total. The molecule has 0 amide bonds. The second-order valence-electron chi connectivity index (χ2n) is 5.99. The zero-order valence-corrected chi connectivity index (χ0v) is 15.0. The minimum absolute atomic E-state index is 0.140. The van der Waals surface area contributed by atoms with Crippen LogP contribution in [0.2, 0.25) is 0 Å². The van der Waals surface area contributed by atoms with E-state index in [4.69, 9.17) is 5.11 Å². The smallest absolute Gasteiger partial charge is 0.318 e. The number of pyridine rings is 1. The van der Waals surface area contributed by atoms with Crippen molar-refractivity contribution in [3.8, 4) is 0 Å². The van der Waals surface area contributed by atoms with Gasteiger partial charge in [-0.3, -0.25) is 9.78 Å². The van der Waals surface area contributed by atoms with Crippen LogP contribution in [0.5, 0.6) is 0 Å². The number of hydrogen-bond donors (Lipinski definition) is 2. The van der Waals surface area contributed by atoms with Gasteiger partial charge in [0.05, 0.1) is 29.2 Å². The van der Waals surface area contributed by atoms with Gasteiger partial charge in [0.2, 0.25) is 10.0 Å². The maximum atomic E-state index is 13.1. The van der Waals surface area contributed by atoms with Gasteiger partial charge in [0.25, 0.3) is 0 Å². The Morgan fingerprint density at radius 2 is 1.92 bits per heavy atom. The second kappa shape index (κ2) is 6.58. The van der Waals surface area contributed by atoms with Crippen molar-refractivity contribution in [1.29, 1.82) is 0 Å². The Bertz CT molecular complexity index is 1060. The van der Waals surface area contributed by atoms with Crippen LogP contribution in [0.25, 0.3) is 10.9 Å². The summed E-state index contributed by atoms with van der Waals surface area (Å²) in [4.78, 5) is 15.0. The molecule has 11 heteroatoms. The fourth-order valence-corrected chi connectivity index (χ4v) is 6.68. The third-order valence-electron chi connectivity index (χ3n) is 4.14. The normalized spacial score (nSPS) is 22.7. The predicted molar refractivity (Wildman–Crippen MR) is 91.7 cm³/mol. The molecule has 1 aromatic heterocycles. The van der Waals surface area contributed by atoms with Crippen molar-refractivity contribution in [1.82, 2.24) is 9.29 Å². The number of carboxylic acid groups (broad SMARTS) is 1. The first-order chi connectivity index (χ1) is 12.1. The molecule has 140 valence electrons. The number of benzene rings is 1. The van der Waals surface area contributed by atoms with Crippen LogP contribution in [0, 0.1) is 0 Å². The van der Waals surface area contributed by atoms with Gasteiger partial charge in [-0.15, -0.1) is 0 Å². The number of aromatic nitrogens is 1. The average molecular weight is 400 g/mol. The maximum absolute atomic E-state index is 13.1. The standard InChI is InChI=1S/C15H16N2O7S2/c18-12-9-25(21,22)8-11(12)17(7-14(19)20)26(23,24)13-5-1-3-10-4-2-6-16-15(10)13/h1-6,11-12,18H,7-9H2,(H,19,20)/t11-,12-/m1/s1. The van der Waals surface area contributed by atoms with Gasteiger partial charge >= 0.3 is 5.97 Å². The number of aliphatic hydroxyl groups excluding tert-OH is 1. The van der Waals surface area contributed by atoms with Crippen molar-refractivity contribution in [2.75, 3.05) is 18.1 Å². The molecule has 26 heavy (non-hydrogen) atoms. The van der Waals surface area contributed by atoms with Crippen LogP contribution >= 0.6 is 0 Å². The Labute approximate surface area is 149 Å². The topological polar surface area (TPSA) is 142 Å². The second-order valence-corrected chi connectivity index (χ2v) is 10.00. The predicted octanol–water partition coefficient (Wildman–Crippen LogP) is -0.532. The number of nitrogens with zero attached hydrogens (tertiary/aromatic N) is 2. The molecule has 0 unspecified atom stereocenters. The average Bonchev–Trinajstić information content (AvgIpc) is 2.84. The Balaban J connectivity index is 2.15. The molecule has 2 atom stereocenters. The molecular weight excluding hydrogens is 384 g/mol. The van der Waals surface area contributed by atoms with Crippen LogP contribution < -0.4 is 0 Å². The highest BCUT2D eigenvalue weighted by Gasteiger charge is 2.45. The largest absolute Gasteiger partial charge is 0.480 e. The lowest BCUT2D eigenvalue weighted by atomic mass is 10.2. The molecular formula is C15H16N2O7S2. The van der Waals surface area contributed by atoms with Gasteiger partial charge in [-0.2, -0.15) is 4.31 Å². The summed E-state index contributed by atoms with van der Waals surface area (Å²) in [6.07, 6.45) is -0.102. The quantitative estimate of drug-likeness (QED) is 0.682. The van der Waals surface area contributed by atoms with Gasteiger partial charge in [0.15, 0.2) is 9.84 Å². The van der Waals surface area contributed by atoms with Crippen molar-refractivity contribution in [3.63, 3.8) is 0 Å². The summed E-state index contributed by atoms with van der Waals surface area (Å²) >= 11 is 0. The lowest BCUT2D eigenvalue weighted by Gasteiger charge is -2.28. The number of para-hydroxylation sites is 1. The third-order valence-corrected chi connectivity index (χ3v) is 7.74. The highest BCUT2D eigenvalue weighted by Crippen LogP contribution is 2.28. The molecule has 1 fully saturated rings. The van der Waals surface area contributed by atoms with E-state index in [0.717, 1.165) is 0 Å². The minimum atomic E-state index is -4.42. The van der Waals surface area contributed by atoms with E-state index >= 15 is 0 Å². The molecule has 0 radical (unpaired) electrons. The van der Waals surface area contributed by atoms with E-state index < -0.39 is 56.0 Å². The first kappa shape index (κ1) is 18.7. The Kier molecular flexibility index (Phi) is 4.73. The van der Waals surface area contributed by atoms with Gasteiger partial charge in [-0.05, 0) is 12.1 Å². The van der Waals surface area contributed by atoms with Gasteiger partial charge in [0.1, 0.15) is 11.4 Å². The van der Waals surface area contributed by atoms with Gasteiger partial charge in [-0.25, -0.2) is 16.8 Å². The summed E-state index contributed by atoms with van der Waals surface area (Å²) in [5.41, 5.74) is 0.140. The van der Waals surface area contributed by atoms with Crippen LogP contribution in [0.3, 0.4) is 0 Å². The molecule has 1 aromatic carbocycles. The van der Waals surface area contributed by atoms with E-state index in [0.29, 0.717) is 9.69 Å². The van der Waals surface area contributed by atoms with Gasteiger partial charge in [-0.1, -0.05) is 18.2 Å². The molecule has 0 spiro atoms.